The molecule has 4 aromatic carbocycles. The van der Waals surface area contributed by atoms with E-state index >= 15 is 0 Å². The number of non-ortho nitro benzene ring substituents is 1. The lowest BCUT2D eigenvalue weighted by Crippen LogP contribution is -2.25. The van der Waals surface area contributed by atoms with Crippen LogP contribution in [0.2, 0.25) is 0 Å². The van der Waals surface area contributed by atoms with Gasteiger partial charge in [-0.05, 0) is 48.7 Å². The predicted octanol–water partition coefficient (Wildman–Crippen LogP) is 8.02. The number of nitro groups is 1. The Kier molecular flexibility index (Phi) is 5.83. The van der Waals surface area contributed by atoms with Gasteiger partial charge in [-0.3, -0.25) is 10.1 Å². The highest BCUT2D eigenvalue weighted by Gasteiger charge is 2.24. The molecule has 0 saturated heterocycles. The van der Waals surface area contributed by atoms with Crippen molar-refractivity contribution in [1.29, 1.82) is 0 Å². The van der Waals surface area contributed by atoms with Gasteiger partial charge in [-0.1, -0.05) is 38.8 Å². The first kappa shape index (κ1) is 23.2. The Morgan fingerprint density at radius 1 is 0.838 bits per heavy atom. The summed E-state index contributed by atoms with van der Waals surface area (Å²) >= 11 is 0. The molecule has 1 aromatic heterocycles. The van der Waals surface area contributed by atoms with Crippen LogP contribution in [0.3, 0.4) is 0 Å². The van der Waals surface area contributed by atoms with Crippen molar-refractivity contribution in [3.05, 3.63) is 70.8 Å². The van der Waals surface area contributed by atoms with Gasteiger partial charge in [0.05, 0.1) is 27.0 Å². The Labute approximate surface area is 214 Å². The van der Waals surface area contributed by atoms with E-state index < -0.39 is 4.92 Å². The fourth-order valence-electron chi connectivity index (χ4n) is 5.18. The van der Waals surface area contributed by atoms with Crippen LogP contribution in [0.15, 0.2) is 60.7 Å². The maximum absolute atomic E-state index is 11.3. The second-order valence-corrected chi connectivity index (χ2v) is 9.60. The van der Waals surface area contributed by atoms with Gasteiger partial charge in [0.2, 0.25) is 0 Å². The van der Waals surface area contributed by atoms with Gasteiger partial charge < -0.3 is 9.64 Å². The summed E-state index contributed by atoms with van der Waals surface area (Å²) in [4.78, 5) is 23.0. The number of benzene rings is 4. The van der Waals surface area contributed by atoms with Crippen LogP contribution in [-0.2, 0) is 0 Å². The van der Waals surface area contributed by atoms with Crippen LogP contribution in [0.25, 0.3) is 44.0 Å². The second-order valence-electron chi connectivity index (χ2n) is 9.60. The van der Waals surface area contributed by atoms with E-state index in [9.17, 15) is 10.1 Å². The molecule has 0 bridgehead atoms. The predicted molar refractivity (Wildman–Crippen MR) is 149 cm³/mol. The summed E-state index contributed by atoms with van der Waals surface area (Å²) in [7, 11) is 0. The average Bonchev–Trinajstić information content (AvgIpc) is 2.91. The van der Waals surface area contributed by atoms with Crippen LogP contribution in [0.1, 0.15) is 39.5 Å². The SMILES string of the molecule is CCCCN(CCCC)c1ccc2c(c1)Oc1cccc3c1c-2cc1nc2cc([N+](=O)[O-])ccc2nc13. The maximum atomic E-state index is 11.3. The zero-order valence-electron chi connectivity index (χ0n) is 21.0. The highest BCUT2D eigenvalue weighted by Crippen LogP contribution is 2.49. The minimum Gasteiger partial charge on any atom is -0.456 e. The molecule has 7 nitrogen and oxygen atoms in total. The van der Waals surface area contributed by atoms with Crippen molar-refractivity contribution in [3.63, 3.8) is 0 Å². The minimum atomic E-state index is -0.406. The van der Waals surface area contributed by atoms with Gasteiger partial charge in [0.25, 0.3) is 5.69 Å². The van der Waals surface area contributed by atoms with Crippen molar-refractivity contribution < 1.29 is 9.66 Å². The largest absolute Gasteiger partial charge is 0.456 e. The van der Waals surface area contributed by atoms with Gasteiger partial charge in [-0.2, -0.15) is 0 Å². The Morgan fingerprint density at radius 2 is 1.65 bits per heavy atom. The molecule has 0 spiro atoms. The molecule has 0 N–H and O–H groups in total. The molecule has 0 saturated carbocycles. The smallest absolute Gasteiger partial charge is 0.271 e. The Morgan fingerprint density at radius 3 is 2.41 bits per heavy atom. The normalized spacial score (nSPS) is 12.1. The van der Waals surface area contributed by atoms with E-state index in [0.717, 1.165) is 77.7 Å². The summed E-state index contributed by atoms with van der Waals surface area (Å²) in [5.74, 6) is 1.64. The molecule has 7 heteroatoms. The number of anilines is 1. The fraction of sp³-hybridized carbons (Fsp3) is 0.267. The van der Waals surface area contributed by atoms with E-state index in [4.69, 9.17) is 14.7 Å². The molecule has 2 heterocycles. The van der Waals surface area contributed by atoms with Crippen molar-refractivity contribution in [1.82, 2.24) is 9.97 Å². The summed E-state index contributed by atoms with van der Waals surface area (Å²) in [6.07, 6.45) is 4.62. The molecule has 37 heavy (non-hydrogen) atoms. The quantitative estimate of drug-likeness (QED) is 0.0926. The molecule has 0 fully saturated rings. The first-order chi connectivity index (χ1) is 18.1. The van der Waals surface area contributed by atoms with E-state index in [1.165, 1.54) is 17.8 Å². The van der Waals surface area contributed by atoms with E-state index in [0.29, 0.717) is 16.6 Å². The molecule has 0 atom stereocenters. The summed E-state index contributed by atoms with van der Waals surface area (Å²) in [6.45, 7) is 6.50. The zero-order chi connectivity index (χ0) is 25.5. The second kappa shape index (κ2) is 9.32. The van der Waals surface area contributed by atoms with E-state index in [-0.39, 0.29) is 5.69 Å². The molecule has 0 unspecified atom stereocenters. The highest BCUT2D eigenvalue weighted by atomic mass is 16.6. The molecule has 0 radical (unpaired) electrons. The monoisotopic (exact) mass is 492 g/mol. The van der Waals surface area contributed by atoms with Gasteiger partial charge in [-0.25, -0.2) is 9.97 Å². The summed E-state index contributed by atoms with van der Waals surface area (Å²) in [5, 5.41) is 13.3. The summed E-state index contributed by atoms with van der Waals surface area (Å²) in [6, 6.07) is 19.2. The number of fused-ring (bicyclic) bond motifs is 5. The van der Waals surface area contributed by atoms with Gasteiger partial charge in [0, 0.05) is 53.3 Å². The molecule has 0 aliphatic carbocycles. The van der Waals surface area contributed by atoms with Crippen molar-refractivity contribution in [3.8, 4) is 22.6 Å². The van der Waals surface area contributed by atoms with Crippen molar-refractivity contribution in [2.24, 2.45) is 0 Å². The van der Waals surface area contributed by atoms with Crippen molar-refractivity contribution in [2.45, 2.75) is 39.5 Å². The van der Waals surface area contributed by atoms with Crippen LogP contribution in [0.5, 0.6) is 11.5 Å². The lowest BCUT2D eigenvalue weighted by Gasteiger charge is -2.27. The number of unbranched alkanes of at least 4 members (excludes halogenated alkanes) is 2. The van der Waals surface area contributed by atoms with Crippen molar-refractivity contribution in [2.75, 3.05) is 18.0 Å². The Hall–Kier alpha value is -4.26. The fourth-order valence-corrected chi connectivity index (χ4v) is 5.18. The minimum absolute atomic E-state index is 0.00698. The molecule has 6 rings (SSSR count). The van der Waals surface area contributed by atoms with E-state index in [2.05, 4.69) is 36.9 Å². The first-order valence-corrected chi connectivity index (χ1v) is 13.0. The van der Waals surface area contributed by atoms with Gasteiger partial charge in [0.15, 0.2) is 0 Å². The summed E-state index contributed by atoms with van der Waals surface area (Å²) in [5.41, 5.74) is 5.84. The third-order valence-electron chi connectivity index (χ3n) is 7.12. The van der Waals surface area contributed by atoms with Crippen LogP contribution < -0.4 is 9.64 Å². The number of nitrogens with zero attached hydrogens (tertiary/aromatic N) is 4. The van der Waals surface area contributed by atoms with Gasteiger partial charge in [0.1, 0.15) is 11.5 Å². The Bertz CT molecular complexity index is 1670. The summed E-state index contributed by atoms with van der Waals surface area (Å²) < 4.78 is 6.48. The molecular weight excluding hydrogens is 464 g/mol. The highest BCUT2D eigenvalue weighted by molar-refractivity contribution is 6.16. The molecule has 0 amide bonds. The van der Waals surface area contributed by atoms with E-state index in [1.54, 1.807) is 6.07 Å². The first-order valence-electron chi connectivity index (χ1n) is 13.0. The third kappa shape index (κ3) is 4.00. The topological polar surface area (TPSA) is 81.4 Å². The van der Waals surface area contributed by atoms with Crippen LogP contribution in [-0.4, -0.2) is 28.0 Å². The Balaban J connectivity index is 1.52. The number of nitro benzene ring substituents is 1. The number of hydrogen-bond donors (Lipinski definition) is 0. The molecular formula is C30H28N4O3. The van der Waals surface area contributed by atoms with Gasteiger partial charge in [-0.15, -0.1) is 0 Å². The standard InChI is InChI=1S/C30H28N4O3/c1-3-5-14-33(15-6-4-2)19-10-12-21-23-18-26-30(22-8-7-9-27(29(22)23)37-28(21)17-19)32-24-13-11-20(34(35)36)16-25(24)31-26/h7-13,16-18H,3-6,14-15H2,1-2H3. The van der Waals surface area contributed by atoms with Crippen molar-refractivity contribution >= 4 is 44.2 Å². The van der Waals surface area contributed by atoms with E-state index in [1.807, 2.05) is 24.3 Å². The lowest BCUT2D eigenvalue weighted by molar-refractivity contribution is -0.384. The third-order valence-corrected chi connectivity index (χ3v) is 7.12. The maximum Gasteiger partial charge on any atom is 0.271 e. The molecule has 1 aliphatic heterocycles. The molecule has 186 valence electrons. The van der Waals surface area contributed by atoms with Gasteiger partial charge >= 0.3 is 0 Å². The molecule has 5 aromatic rings. The number of aromatic nitrogens is 2. The van der Waals surface area contributed by atoms with Crippen LogP contribution >= 0.6 is 0 Å². The van der Waals surface area contributed by atoms with Crippen LogP contribution in [0.4, 0.5) is 11.4 Å². The number of hydrogen-bond acceptors (Lipinski definition) is 6. The number of ether oxygens (including phenoxy) is 1. The lowest BCUT2D eigenvalue weighted by atomic mass is 9.93. The number of rotatable bonds is 8. The molecule has 1 aliphatic rings. The average molecular weight is 493 g/mol. The van der Waals surface area contributed by atoms with Crippen LogP contribution in [0, 0.1) is 10.1 Å². The zero-order valence-corrected chi connectivity index (χ0v) is 21.0.